The summed E-state index contributed by atoms with van der Waals surface area (Å²) in [5, 5.41) is 14.3. The number of carboxylic acids is 1. The van der Waals surface area contributed by atoms with E-state index in [1.165, 1.54) is 0 Å². The lowest BCUT2D eigenvalue weighted by Gasteiger charge is -2.43. The number of halogens is 1. The summed E-state index contributed by atoms with van der Waals surface area (Å²) in [4.78, 5) is 47.7. The number of carboxylic acid groups (broad SMARTS) is 1. The normalized spacial score (nSPS) is 21.9. The Labute approximate surface area is 246 Å². The first-order chi connectivity index (χ1) is 19.8. The molecule has 1 aromatic heterocycles. The molecule has 10 nitrogen and oxygen atoms in total. The summed E-state index contributed by atoms with van der Waals surface area (Å²) < 4.78 is 8.80. The molecule has 11 heteroatoms. The smallest absolute Gasteiger partial charge is 0.307 e. The lowest BCUT2D eigenvalue weighted by molar-refractivity contribution is -0.153. The maximum Gasteiger partial charge on any atom is 0.307 e. The molecule has 41 heavy (non-hydrogen) atoms. The lowest BCUT2D eigenvalue weighted by Crippen LogP contribution is -2.50. The van der Waals surface area contributed by atoms with Crippen molar-refractivity contribution in [3.05, 3.63) is 75.3 Å². The fourth-order valence-corrected chi connectivity index (χ4v) is 7.10. The molecule has 3 heterocycles. The summed E-state index contributed by atoms with van der Waals surface area (Å²) in [5.41, 5.74) is 3.48. The number of nitrogens with zero attached hydrogens (tertiary/aromatic N) is 5. The number of carbonyl (C=O) groups excluding carboxylic acids is 2. The number of rotatable bonds is 7. The Kier molecular flexibility index (Phi) is 7.54. The van der Waals surface area contributed by atoms with Crippen molar-refractivity contribution in [2.24, 2.45) is 18.9 Å². The van der Waals surface area contributed by atoms with Crippen LogP contribution in [0.5, 0.6) is 5.75 Å². The maximum atomic E-state index is 14.2. The van der Waals surface area contributed by atoms with Crippen LogP contribution in [0.15, 0.2) is 47.2 Å². The van der Waals surface area contributed by atoms with Crippen molar-refractivity contribution in [3.8, 4) is 5.75 Å². The summed E-state index contributed by atoms with van der Waals surface area (Å²) in [7, 11) is 1.79. The van der Waals surface area contributed by atoms with E-state index in [2.05, 4.69) is 26.0 Å². The summed E-state index contributed by atoms with van der Waals surface area (Å²) in [5.74, 6) is -1.32. The number of aryl methyl sites for hydroxylation is 1. The Morgan fingerprint density at radius 1 is 1.12 bits per heavy atom. The third-order valence-corrected chi connectivity index (χ3v) is 9.29. The SMILES string of the molecule is Cn1cnc(COc2ccc(Br)c3c2[C@@H](CN2Cc4ccccc4C2=O)N(C(=O)[C@@H]2CCCC[C@@H]2C(=O)O)CC3)n1. The summed E-state index contributed by atoms with van der Waals surface area (Å²) in [6.45, 7) is 1.29. The molecule has 0 unspecified atom stereocenters. The molecular formula is C30H32BrN5O5. The first kappa shape index (κ1) is 27.4. The van der Waals surface area contributed by atoms with Crippen LogP contribution in [0.3, 0.4) is 0 Å². The van der Waals surface area contributed by atoms with E-state index >= 15 is 0 Å². The highest BCUT2D eigenvalue weighted by Crippen LogP contribution is 2.43. The zero-order chi connectivity index (χ0) is 28.7. The quantitative estimate of drug-likeness (QED) is 0.421. The second-order valence-corrected chi connectivity index (χ2v) is 11.9. The molecule has 0 spiro atoms. The van der Waals surface area contributed by atoms with Crippen molar-refractivity contribution in [2.75, 3.05) is 13.1 Å². The molecule has 214 valence electrons. The van der Waals surface area contributed by atoms with Crippen LogP contribution in [0.2, 0.25) is 0 Å². The molecular weight excluding hydrogens is 590 g/mol. The average molecular weight is 623 g/mol. The topological polar surface area (TPSA) is 118 Å². The molecule has 2 aromatic carbocycles. The van der Waals surface area contributed by atoms with E-state index in [0.717, 1.165) is 34.0 Å². The molecule has 2 aliphatic heterocycles. The molecule has 2 amide bonds. The number of ether oxygens (including phenoxy) is 1. The Morgan fingerprint density at radius 2 is 1.90 bits per heavy atom. The molecule has 1 saturated carbocycles. The highest BCUT2D eigenvalue weighted by molar-refractivity contribution is 9.10. The third kappa shape index (κ3) is 5.23. The molecule has 1 aliphatic carbocycles. The van der Waals surface area contributed by atoms with Crippen LogP contribution in [0.1, 0.15) is 64.6 Å². The average Bonchev–Trinajstić information content (AvgIpc) is 3.54. The highest BCUT2D eigenvalue weighted by Gasteiger charge is 2.44. The molecule has 0 radical (unpaired) electrons. The monoisotopic (exact) mass is 621 g/mol. The van der Waals surface area contributed by atoms with Crippen LogP contribution in [0.4, 0.5) is 0 Å². The number of aromatic nitrogens is 3. The maximum absolute atomic E-state index is 14.2. The van der Waals surface area contributed by atoms with E-state index in [0.29, 0.717) is 49.5 Å². The Balaban J connectivity index is 1.38. The van der Waals surface area contributed by atoms with Crippen molar-refractivity contribution >= 4 is 33.7 Å². The van der Waals surface area contributed by atoms with Crippen LogP contribution in [0.25, 0.3) is 0 Å². The number of benzene rings is 2. The fraction of sp³-hybridized carbons (Fsp3) is 0.433. The summed E-state index contributed by atoms with van der Waals surface area (Å²) in [6.07, 6.45) is 4.87. The van der Waals surface area contributed by atoms with Crippen molar-refractivity contribution in [3.63, 3.8) is 0 Å². The molecule has 3 aromatic rings. The predicted octanol–water partition coefficient (Wildman–Crippen LogP) is 4.13. The van der Waals surface area contributed by atoms with Crippen LogP contribution in [-0.2, 0) is 36.2 Å². The van der Waals surface area contributed by atoms with Gasteiger partial charge in [0.25, 0.3) is 5.91 Å². The Hall–Kier alpha value is -3.73. The molecule has 0 bridgehead atoms. The van der Waals surface area contributed by atoms with Gasteiger partial charge < -0.3 is 19.6 Å². The number of carbonyl (C=O) groups is 3. The van der Waals surface area contributed by atoms with E-state index < -0.39 is 23.8 Å². The van der Waals surface area contributed by atoms with Gasteiger partial charge in [0.15, 0.2) is 5.82 Å². The third-order valence-electron chi connectivity index (χ3n) is 8.55. The molecule has 3 aliphatic rings. The summed E-state index contributed by atoms with van der Waals surface area (Å²) >= 11 is 3.71. The van der Waals surface area contributed by atoms with Gasteiger partial charge in [0, 0.05) is 42.3 Å². The van der Waals surface area contributed by atoms with Crippen LogP contribution in [0, 0.1) is 11.8 Å². The molecule has 3 atom stereocenters. The number of amides is 2. The Bertz CT molecular complexity index is 1510. The van der Waals surface area contributed by atoms with Crippen LogP contribution >= 0.6 is 15.9 Å². The highest BCUT2D eigenvalue weighted by atomic mass is 79.9. The number of hydrogen-bond donors (Lipinski definition) is 1. The van der Waals surface area contributed by atoms with Gasteiger partial charge in [-0.05, 0) is 48.6 Å². The number of fused-ring (bicyclic) bond motifs is 2. The van der Waals surface area contributed by atoms with Gasteiger partial charge in [-0.25, -0.2) is 4.98 Å². The van der Waals surface area contributed by atoms with Gasteiger partial charge in [0.05, 0.1) is 17.9 Å². The molecule has 0 saturated heterocycles. The summed E-state index contributed by atoms with van der Waals surface area (Å²) in [6, 6.07) is 10.9. The van der Waals surface area contributed by atoms with Crippen molar-refractivity contribution in [1.82, 2.24) is 24.6 Å². The predicted molar refractivity (Wildman–Crippen MR) is 152 cm³/mol. The van der Waals surface area contributed by atoms with Gasteiger partial charge in [0.1, 0.15) is 18.7 Å². The van der Waals surface area contributed by atoms with Crippen molar-refractivity contribution in [2.45, 2.75) is 51.3 Å². The van der Waals surface area contributed by atoms with E-state index in [1.54, 1.807) is 23.0 Å². The molecule has 1 N–H and O–H groups in total. The largest absolute Gasteiger partial charge is 0.485 e. The standard InChI is InChI=1S/C30H32BrN5O5/c1-34-17-32-26(33-34)16-41-25-11-10-23(31)22-12-13-36(29(38)20-8-4-5-9-21(20)30(39)40)24(27(22)25)15-35-14-18-6-2-3-7-19(18)28(35)37/h2-3,6-7,10-11,17,20-21,24H,4-5,8-9,12-16H2,1H3,(H,39,40)/t20-,21+,24-/m1/s1. The van der Waals surface area contributed by atoms with E-state index in [1.807, 2.05) is 41.3 Å². The minimum atomic E-state index is -0.920. The fourth-order valence-electron chi connectivity index (χ4n) is 6.56. The van der Waals surface area contributed by atoms with E-state index in [4.69, 9.17) is 4.74 Å². The zero-order valence-electron chi connectivity index (χ0n) is 22.8. The van der Waals surface area contributed by atoms with Crippen LogP contribution < -0.4 is 4.74 Å². The minimum Gasteiger partial charge on any atom is -0.485 e. The van der Waals surface area contributed by atoms with E-state index in [-0.39, 0.29) is 25.0 Å². The first-order valence-corrected chi connectivity index (χ1v) is 14.8. The molecule has 1 fully saturated rings. The minimum absolute atomic E-state index is 0.0728. The Morgan fingerprint density at radius 3 is 2.63 bits per heavy atom. The van der Waals surface area contributed by atoms with Gasteiger partial charge in [-0.3, -0.25) is 19.1 Å². The van der Waals surface area contributed by atoms with Gasteiger partial charge >= 0.3 is 5.97 Å². The zero-order valence-corrected chi connectivity index (χ0v) is 24.4. The van der Waals surface area contributed by atoms with Gasteiger partial charge in [0.2, 0.25) is 5.91 Å². The van der Waals surface area contributed by atoms with Gasteiger partial charge in [-0.1, -0.05) is 47.0 Å². The van der Waals surface area contributed by atoms with Gasteiger partial charge in [-0.2, -0.15) is 5.10 Å². The van der Waals surface area contributed by atoms with Crippen LogP contribution in [-0.4, -0.2) is 60.5 Å². The second-order valence-electron chi connectivity index (χ2n) is 11.0. The van der Waals surface area contributed by atoms with E-state index in [9.17, 15) is 19.5 Å². The molecule has 6 rings (SSSR count). The lowest BCUT2D eigenvalue weighted by atomic mass is 9.77. The van der Waals surface area contributed by atoms with Gasteiger partial charge in [-0.15, -0.1) is 0 Å². The van der Waals surface area contributed by atoms with Crippen molar-refractivity contribution < 1.29 is 24.2 Å². The first-order valence-electron chi connectivity index (χ1n) is 14.0. The number of aliphatic carboxylic acids is 1. The second kappa shape index (κ2) is 11.3. The van der Waals surface area contributed by atoms with Crippen molar-refractivity contribution in [1.29, 1.82) is 0 Å². The number of hydrogen-bond acceptors (Lipinski definition) is 6.